The number of hydrogen-bond donors (Lipinski definition) is 3. The highest BCUT2D eigenvalue weighted by Gasteiger charge is 2.01. The number of hydrogen-bond acceptors (Lipinski definition) is 4. The lowest BCUT2D eigenvalue weighted by Crippen LogP contribution is -2.04. The molecule has 0 amide bonds. The zero-order valence-electron chi connectivity index (χ0n) is 7.87. The molecule has 0 fully saturated rings. The van der Waals surface area contributed by atoms with Gasteiger partial charge in [-0.2, -0.15) is 0 Å². The first-order valence-corrected chi connectivity index (χ1v) is 4.76. The lowest BCUT2D eigenvalue weighted by atomic mass is 10.4. The summed E-state index contributed by atoms with van der Waals surface area (Å²) >= 11 is 5.75. The zero-order valence-corrected chi connectivity index (χ0v) is 8.62. The third kappa shape index (κ3) is 2.38. The van der Waals surface area contributed by atoms with E-state index in [4.69, 9.17) is 17.3 Å². The van der Waals surface area contributed by atoms with E-state index in [0.717, 1.165) is 5.69 Å². The van der Waals surface area contributed by atoms with Crippen molar-refractivity contribution in [3.63, 3.8) is 0 Å². The molecular formula is C9H10ClN5. The molecule has 0 atom stereocenters. The fourth-order valence-corrected chi connectivity index (χ4v) is 1.30. The number of aromatic amines is 1. The minimum Gasteiger partial charge on any atom is -0.396 e. The van der Waals surface area contributed by atoms with Crippen LogP contribution in [0.1, 0.15) is 5.69 Å². The molecule has 2 rings (SSSR count). The smallest absolute Gasteiger partial charge is 0.151 e. The predicted octanol–water partition coefficient (Wildman–Crippen LogP) is 1.65. The van der Waals surface area contributed by atoms with Crippen molar-refractivity contribution < 1.29 is 0 Å². The minimum absolute atomic E-state index is 0.413. The molecular weight excluding hydrogens is 214 g/mol. The van der Waals surface area contributed by atoms with Crippen molar-refractivity contribution in [2.45, 2.75) is 6.54 Å². The zero-order chi connectivity index (χ0) is 10.7. The van der Waals surface area contributed by atoms with Crippen LogP contribution in [0.4, 0.5) is 11.5 Å². The average molecular weight is 224 g/mol. The molecule has 4 N–H and O–H groups in total. The van der Waals surface area contributed by atoms with Crippen molar-refractivity contribution in [2.24, 2.45) is 0 Å². The van der Waals surface area contributed by atoms with Gasteiger partial charge in [0.25, 0.3) is 0 Å². The van der Waals surface area contributed by atoms with Crippen molar-refractivity contribution in [3.8, 4) is 0 Å². The Balaban J connectivity index is 2.07. The quantitative estimate of drug-likeness (QED) is 0.692. The Morgan fingerprint density at radius 1 is 1.47 bits per heavy atom. The number of rotatable bonds is 3. The molecule has 0 saturated carbocycles. The van der Waals surface area contributed by atoms with E-state index < -0.39 is 0 Å². The summed E-state index contributed by atoms with van der Waals surface area (Å²) in [5.74, 6) is 0.581. The molecule has 0 aromatic carbocycles. The van der Waals surface area contributed by atoms with Crippen LogP contribution in [0.2, 0.25) is 5.15 Å². The third-order valence-electron chi connectivity index (χ3n) is 1.89. The predicted molar refractivity (Wildman–Crippen MR) is 59.6 cm³/mol. The normalized spacial score (nSPS) is 10.2. The number of imidazole rings is 1. The van der Waals surface area contributed by atoms with Gasteiger partial charge < -0.3 is 16.0 Å². The van der Waals surface area contributed by atoms with Crippen LogP contribution in [-0.4, -0.2) is 15.0 Å². The van der Waals surface area contributed by atoms with Crippen molar-refractivity contribution in [3.05, 3.63) is 35.5 Å². The van der Waals surface area contributed by atoms with Crippen molar-refractivity contribution in [2.75, 3.05) is 11.1 Å². The number of pyridine rings is 1. The highest BCUT2D eigenvalue weighted by atomic mass is 35.5. The van der Waals surface area contributed by atoms with Crippen LogP contribution in [0.5, 0.6) is 0 Å². The van der Waals surface area contributed by atoms with Gasteiger partial charge in [-0.05, 0) is 12.1 Å². The summed E-state index contributed by atoms with van der Waals surface area (Å²) < 4.78 is 0. The fourth-order valence-electron chi connectivity index (χ4n) is 1.15. The first-order chi connectivity index (χ1) is 7.25. The summed E-state index contributed by atoms with van der Waals surface area (Å²) in [7, 11) is 0. The Kier molecular flexibility index (Phi) is 2.73. The first kappa shape index (κ1) is 9.79. The number of nitrogens with zero attached hydrogens (tertiary/aromatic N) is 2. The highest BCUT2D eigenvalue weighted by molar-refractivity contribution is 6.29. The molecule has 5 nitrogen and oxygen atoms in total. The van der Waals surface area contributed by atoms with E-state index in [1.807, 2.05) is 0 Å². The Morgan fingerprint density at radius 3 is 3.07 bits per heavy atom. The number of aromatic nitrogens is 3. The molecule has 0 radical (unpaired) electrons. The van der Waals surface area contributed by atoms with Crippen LogP contribution in [-0.2, 0) is 6.54 Å². The number of H-pyrrole nitrogens is 1. The van der Waals surface area contributed by atoms with E-state index in [9.17, 15) is 0 Å². The maximum Gasteiger partial charge on any atom is 0.151 e. The van der Waals surface area contributed by atoms with Gasteiger partial charge in [0.05, 0.1) is 24.3 Å². The molecule has 2 aromatic heterocycles. The van der Waals surface area contributed by atoms with Gasteiger partial charge in [-0.25, -0.2) is 9.97 Å². The molecule has 2 heterocycles. The Morgan fingerprint density at radius 2 is 2.33 bits per heavy atom. The molecule has 0 bridgehead atoms. The van der Waals surface area contributed by atoms with E-state index in [0.29, 0.717) is 23.2 Å². The summed E-state index contributed by atoms with van der Waals surface area (Å²) in [6.07, 6.45) is 3.35. The molecule has 0 saturated heterocycles. The SMILES string of the molecule is Nc1ccc(Cl)nc1NCc1cnc[nH]1. The van der Waals surface area contributed by atoms with Crippen molar-refractivity contribution >= 4 is 23.1 Å². The van der Waals surface area contributed by atoms with Crippen LogP contribution < -0.4 is 11.1 Å². The van der Waals surface area contributed by atoms with Gasteiger partial charge in [-0.3, -0.25) is 0 Å². The molecule has 0 aliphatic carbocycles. The largest absolute Gasteiger partial charge is 0.396 e. The molecule has 0 spiro atoms. The lowest BCUT2D eigenvalue weighted by Gasteiger charge is -2.06. The summed E-state index contributed by atoms with van der Waals surface area (Å²) in [4.78, 5) is 10.9. The van der Waals surface area contributed by atoms with E-state index in [-0.39, 0.29) is 0 Å². The van der Waals surface area contributed by atoms with Crippen molar-refractivity contribution in [1.82, 2.24) is 15.0 Å². The monoisotopic (exact) mass is 223 g/mol. The van der Waals surface area contributed by atoms with Gasteiger partial charge in [0.15, 0.2) is 5.82 Å². The summed E-state index contributed by atoms with van der Waals surface area (Å²) in [6.45, 7) is 0.581. The Labute approximate surface area is 91.7 Å². The maximum atomic E-state index is 5.75. The van der Waals surface area contributed by atoms with Gasteiger partial charge in [-0.15, -0.1) is 0 Å². The van der Waals surface area contributed by atoms with Crippen LogP contribution >= 0.6 is 11.6 Å². The van der Waals surface area contributed by atoms with Crippen molar-refractivity contribution in [1.29, 1.82) is 0 Å². The highest BCUT2D eigenvalue weighted by Crippen LogP contribution is 2.18. The fraction of sp³-hybridized carbons (Fsp3) is 0.111. The minimum atomic E-state index is 0.413. The van der Waals surface area contributed by atoms with Crippen LogP contribution in [0.15, 0.2) is 24.7 Å². The number of nitrogens with two attached hydrogens (primary N) is 1. The van der Waals surface area contributed by atoms with Crippen LogP contribution in [0.25, 0.3) is 0 Å². The van der Waals surface area contributed by atoms with Gasteiger partial charge in [-0.1, -0.05) is 11.6 Å². The number of anilines is 2. The molecule has 0 unspecified atom stereocenters. The number of nitrogen functional groups attached to an aromatic ring is 1. The van der Waals surface area contributed by atoms with Gasteiger partial charge >= 0.3 is 0 Å². The van der Waals surface area contributed by atoms with Crippen LogP contribution in [0, 0.1) is 0 Å². The van der Waals surface area contributed by atoms with E-state index in [2.05, 4.69) is 20.3 Å². The second kappa shape index (κ2) is 4.18. The standard InChI is InChI=1S/C9H10ClN5/c10-8-2-1-7(11)9(15-8)13-4-6-3-12-5-14-6/h1-3,5H,4,11H2,(H,12,14)(H,13,15). The molecule has 0 aliphatic heterocycles. The number of nitrogens with one attached hydrogen (secondary N) is 2. The third-order valence-corrected chi connectivity index (χ3v) is 2.10. The second-order valence-electron chi connectivity index (χ2n) is 3.00. The van der Waals surface area contributed by atoms with Crippen LogP contribution in [0.3, 0.4) is 0 Å². The summed E-state index contributed by atoms with van der Waals surface area (Å²) in [5.41, 5.74) is 7.24. The topological polar surface area (TPSA) is 79.6 Å². The Hall–Kier alpha value is -1.75. The van der Waals surface area contributed by atoms with E-state index in [1.165, 1.54) is 0 Å². The molecule has 78 valence electrons. The second-order valence-corrected chi connectivity index (χ2v) is 3.39. The first-order valence-electron chi connectivity index (χ1n) is 4.39. The van der Waals surface area contributed by atoms with E-state index >= 15 is 0 Å². The molecule has 2 aromatic rings. The summed E-state index contributed by atoms with van der Waals surface area (Å²) in [5, 5.41) is 3.48. The maximum absolute atomic E-state index is 5.75. The molecule has 6 heteroatoms. The molecule has 15 heavy (non-hydrogen) atoms. The average Bonchev–Trinajstić information content (AvgIpc) is 2.72. The number of halogens is 1. The van der Waals surface area contributed by atoms with E-state index in [1.54, 1.807) is 24.7 Å². The summed E-state index contributed by atoms with van der Waals surface area (Å²) in [6, 6.07) is 3.36. The van der Waals surface area contributed by atoms with Gasteiger partial charge in [0.2, 0.25) is 0 Å². The van der Waals surface area contributed by atoms with Gasteiger partial charge in [0, 0.05) is 6.20 Å². The Bertz CT molecular complexity index is 440. The van der Waals surface area contributed by atoms with Gasteiger partial charge in [0.1, 0.15) is 5.15 Å². The molecule has 0 aliphatic rings. The lowest BCUT2D eigenvalue weighted by molar-refractivity contribution is 1.05.